The van der Waals surface area contributed by atoms with Crippen LogP contribution in [0.25, 0.3) is 0 Å². The zero-order valence-corrected chi connectivity index (χ0v) is 15.3. The van der Waals surface area contributed by atoms with E-state index in [0.29, 0.717) is 0 Å². The molecule has 0 amide bonds. The highest BCUT2D eigenvalue weighted by Gasteiger charge is 2.50. The average Bonchev–Trinajstić information content (AvgIpc) is 2.48. The molecule has 0 saturated carbocycles. The lowest BCUT2D eigenvalue weighted by molar-refractivity contribution is -0.385. The van der Waals surface area contributed by atoms with Crippen molar-refractivity contribution < 1.29 is 24.0 Å². The maximum atomic E-state index is 13.0. The zero-order chi connectivity index (χ0) is 19.2. The topological polar surface area (TPSA) is 95.7 Å². The number of methoxy groups -OCH3 is 1. The lowest BCUT2D eigenvalue weighted by atomic mass is 9.82. The van der Waals surface area contributed by atoms with Crippen LogP contribution in [0.3, 0.4) is 0 Å². The van der Waals surface area contributed by atoms with E-state index < -0.39 is 33.4 Å². The SMILES string of the molecule is COC1=C(C(=O)c2ccc(Cl)cc2[N+](=O)[O-])C(=O)C(C)(C)OC1(C)C. The van der Waals surface area contributed by atoms with Gasteiger partial charge in [0.15, 0.2) is 0 Å². The number of nitrogens with zero attached hydrogens (tertiary/aromatic N) is 1. The van der Waals surface area contributed by atoms with Gasteiger partial charge in [-0.3, -0.25) is 19.7 Å². The molecule has 0 bridgehead atoms. The number of carbonyl (C=O) groups excluding carboxylic acids is 2. The number of benzene rings is 1. The van der Waals surface area contributed by atoms with Crippen molar-refractivity contribution in [3.8, 4) is 0 Å². The van der Waals surface area contributed by atoms with Gasteiger partial charge in [-0.1, -0.05) is 11.6 Å². The molecule has 0 aliphatic carbocycles. The Morgan fingerprint density at radius 2 is 1.84 bits per heavy atom. The molecule has 25 heavy (non-hydrogen) atoms. The van der Waals surface area contributed by atoms with Crippen LogP contribution in [0.15, 0.2) is 29.5 Å². The Hall–Kier alpha value is -2.25. The fourth-order valence-electron chi connectivity index (χ4n) is 2.97. The summed E-state index contributed by atoms with van der Waals surface area (Å²) in [5, 5.41) is 11.4. The second-order valence-electron chi connectivity index (χ2n) is 6.61. The van der Waals surface area contributed by atoms with Crippen LogP contribution >= 0.6 is 11.6 Å². The summed E-state index contributed by atoms with van der Waals surface area (Å²) in [6.07, 6.45) is 0. The number of nitro groups is 1. The van der Waals surface area contributed by atoms with Crippen LogP contribution in [0.2, 0.25) is 5.02 Å². The first-order chi connectivity index (χ1) is 11.4. The van der Waals surface area contributed by atoms with Crippen molar-refractivity contribution in [3.63, 3.8) is 0 Å². The first-order valence-corrected chi connectivity index (χ1v) is 7.82. The van der Waals surface area contributed by atoms with Crippen molar-refractivity contribution in [1.82, 2.24) is 0 Å². The number of Topliss-reactive ketones (excluding diaryl/α,β-unsaturated/α-hetero) is 2. The molecule has 0 fully saturated rings. The quantitative estimate of drug-likeness (QED) is 0.350. The van der Waals surface area contributed by atoms with Gasteiger partial charge in [-0.2, -0.15) is 0 Å². The molecular weight excluding hydrogens is 350 g/mol. The van der Waals surface area contributed by atoms with Gasteiger partial charge in [-0.25, -0.2) is 0 Å². The van der Waals surface area contributed by atoms with Crippen molar-refractivity contribution in [3.05, 3.63) is 50.2 Å². The Morgan fingerprint density at radius 3 is 2.36 bits per heavy atom. The summed E-state index contributed by atoms with van der Waals surface area (Å²) in [5.41, 5.74) is -3.30. The van der Waals surface area contributed by atoms with E-state index in [1.807, 2.05) is 0 Å². The van der Waals surface area contributed by atoms with Crippen molar-refractivity contribution in [1.29, 1.82) is 0 Å². The monoisotopic (exact) mass is 367 g/mol. The Balaban J connectivity index is 2.74. The summed E-state index contributed by atoms with van der Waals surface area (Å²) in [6.45, 7) is 6.38. The molecule has 134 valence electrons. The van der Waals surface area contributed by atoms with E-state index in [1.165, 1.54) is 33.1 Å². The molecule has 1 aliphatic rings. The van der Waals surface area contributed by atoms with E-state index in [9.17, 15) is 19.7 Å². The van der Waals surface area contributed by atoms with Gasteiger partial charge in [0, 0.05) is 11.1 Å². The first-order valence-electron chi connectivity index (χ1n) is 7.44. The molecule has 0 saturated heterocycles. The molecular formula is C17H18ClNO6. The average molecular weight is 368 g/mol. The number of ketones is 2. The van der Waals surface area contributed by atoms with Crippen molar-refractivity contribution in [2.24, 2.45) is 0 Å². The second kappa shape index (κ2) is 6.24. The van der Waals surface area contributed by atoms with E-state index in [4.69, 9.17) is 21.1 Å². The molecule has 1 aromatic rings. The number of carbonyl (C=O) groups is 2. The van der Waals surface area contributed by atoms with E-state index in [2.05, 4.69) is 0 Å². The highest BCUT2D eigenvalue weighted by Crippen LogP contribution is 2.39. The third-order valence-electron chi connectivity index (χ3n) is 3.89. The highest BCUT2D eigenvalue weighted by molar-refractivity contribution is 6.32. The molecule has 0 atom stereocenters. The minimum Gasteiger partial charge on any atom is -0.497 e. The van der Waals surface area contributed by atoms with Gasteiger partial charge >= 0.3 is 0 Å². The molecule has 0 spiro atoms. The van der Waals surface area contributed by atoms with Gasteiger partial charge in [0.2, 0.25) is 11.6 Å². The van der Waals surface area contributed by atoms with Crippen LogP contribution in [0.5, 0.6) is 0 Å². The predicted octanol–water partition coefficient (Wildman–Crippen LogP) is 3.49. The van der Waals surface area contributed by atoms with Crippen LogP contribution in [-0.4, -0.2) is 34.8 Å². The number of hydrogen-bond acceptors (Lipinski definition) is 6. The summed E-state index contributed by atoms with van der Waals surface area (Å²) >= 11 is 5.79. The minimum absolute atomic E-state index is 0.0334. The summed E-state index contributed by atoms with van der Waals surface area (Å²) in [5.74, 6) is -1.36. The summed E-state index contributed by atoms with van der Waals surface area (Å²) in [7, 11) is 1.32. The highest BCUT2D eigenvalue weighted by atomic mass is 35.5. The maximum absolute atomic E-state index is 13.0. The van der Waals surface area contributed by atoms with Crippen molar-refractivity contribution in [2.45, 2.75) is 38.9 Å². The Morgan fingerprint density at radius 1 is 1.24 bits per heavy atom. The second-order valence-corrected chi connectivity index (χ2v) is 7.04. The van der Waals surface area contributed by atoms with Gasteiger partial charge < -0.3 is 9.47 Å². The number of halogens is 1. The molecule has 2 rings (SSSR count). The molecule has 1 aromatic carbocycles. The smallest absolute Gasteiger partial charge is 0.282 e. The third kappa shape index (κ3) is 3.29. The molecule has 0 N–H and O–H groups in total. The Labute approximate surface area is 149 Å². The van der Waals surface area contributed by atoms with E-state index in [-0.39, 0.29) is 21.9 Å². The van der Waals surface area contributed by atoms with Crippen molar-refractivity contribution >= 4 is 28.9 Å². The summed E-state index contributed by atoms with van der Waals surface area (Å²) in [4.78, 5) is 36.4. The van der Waals surface area contributed by atoms with Crippen LogP contribution in [0.1, 0.15) is 38.1 Å². The predicted molar refractivity (Wildman–Crippen MR) is 90.7 cm³/mol. The van der Waals surface area contributed by atoms with Crippen LogP contribution in [0.4, 0.5) is 5.69 Å². The summed E-state index contributed by atoms with van der Waals surface area (Å²) < 4.78 is 11.0. The molecule has 0 unspecified atom stereocenters. The molecule has 1 heterocycles. The standard InChI is InChI=1S/C17H18ClNO6/c1-16(2)14(21)12(15(24-5)17(3,4)25-16)13(20)10-7-6-9(18)8-11(10)19(22)23/h6-8H,1-5H3. The maximum Gasteiger partial charge on any atom is 0.282 e. The Kier molecular flexibility index (Phi) is 4.76. The fraction of sp³-hybridized carbons (Fsp3) is 0.412. The molecule has 1 aliphatic heterocycles. The zero-order valence-electron chi connectivity index (χ0n) is 14.5. The van der Waals surface area contributed by atoms with Crippen LogP contribution in [0, 0.1) is 10.1 Å². The normalized spacial score (nSPS) is 18.9. The van der Waals surface area contributed by atoms with E-state index >= 15 is 0 Å². The summed E-state index contributed by atoms with van der Waals surface area (Å²) in [6, 6.07) is 3.66. The molecule has 0 radical (unpaired) electrons. The van der Waals surface area contributed by atoms with Crippen LogP contribution in [-0.2, 0) is 14.3 Å². The molecule has 0 aromatic heterocycles. The van der Waals surface area contributed by atoms with Gasteiger partial charge in [0.05, 0.1) is 12.0 Å². The fourth-order valence-corrected chi connectivity index (χ4v) is 3.14. The third-order valence-corrected chi connectivity index (χ3v) is 4.13. The van der Waals surface area contributed by atoms with Gasteiger partial charge in [-0.15, -0.1) is 0 Å². The number of ether oxygens (including phenoxy) is 2. The number of nitro benzene ring substituents is 1. The van der Waals surface area contributed by atoms with Gasteiger partial charge in [0.25, 0.3) is 5.69 Å². The minimum atomic E-state index is -1.28. The van der Waals surface area contributed by atoms with Gasteiger partial charge in [0.1, 0.15) is 28.1 Å². The first kappa shape index (κ1) is 19.1. The lowest BCUT2D eigenvalue weighted by Crippen LogP contribution is -2.51. The van der Waals surface area contributed by atoms with E-state index in [1.54, 1.807) is 13.8 Å². The van der Waals surface area contributed by atoms with E-state index in [0.717, 1.165) is 6.07 Å². The Bertz CT molecular complexity index is 809. The number of rotatable bonds is 4. The van der Waals surface area contributed by atoms with Gasteiger partial charge in [-0.05, 0) is 39.8 Å². The molecule has 7 nitrogen and oxygen atoms in total. The number of hydrogen-bond donors (Lipinski definition) is 0. The van der Waals surface area contributed by atoms with Crippen LogP contribution < -0.4 is 0 Å². The largest absolute Gasteiger partial charge is 0.497 e. The van der Waals surface area contributed by atoms with Crippen molar-refractivity contribution in [2.75, 3.05) is 7.11 Å². The lowest BCUT2D eigenvalue weighted by Gasteiger charge is -2.41. The molecule has 8 heteroatoms.